The number of nitrogens with one attached hydrogen (secondary N) is 3. The quantitative estimate of drug-likeness (QED) is 0.300. The summed E-state index contributed by atoms with van der Waals surface area (Å²) in [7, 11) is 1.61. The number of nitrogens with zero attached hydrogens (tertiary/aromatic N) is 3. The fourth-order valence-corrected chi connectivity index (χ4v) is 4.73. The summed E-state index contributed by atoms with van der Waals surface area (Å²) in [4.78, 5) is 13.7. The Hall–Kier alpha value is -4.92. The molecule has 2 aromatic heterocycles. The van der Waals surface area contributed by atoms with Gasteiger partial charge in [-0.2, -0.15) is 10.2 Å². The van der Waals surface area contributed by atoms with Crippen LogP contribution in [0.2, 0.25) is 0 Å². The van der Waals surface area contributed by atoms with Gasteiger partial charge in [0.25, 0.3) is 5.91 Å². The van der Waals surface area contributed by atoms with Gasteiger partial charge < -0.3 is 15.4 Å². The van der Waals surface area contributed by atoms with Crippen LogP contribution in [0.5, 0.6) is 5.75 Å². The summed E-state index contributed by atoms with van der Waals surface area (Å²) in [5.41, 5.74) is 4.90. The Kier molecular flexibility index (Phi) is 5.45. The molecule has 1 aliphatic heterocycles. The van der Waals surface area contributed by atoms with Crippen molar-refractivity contribution in [2.24, 2.45) is 0 Å². The lowest BCUT2D eigenvalue weighted by Crippen LogP contribution is -2.31. The first-order valence-corrected chi connectivity index (χ1v) is 11.7. The van der Waals surface area contributed by atoms with Gasteiger partial charge in [-0.1, -0.05) is 24.3 Å². The fourth-order valence-electron chi connectivity index (χ4n) is 4.73. The number of benzene rings is 3. The second kappa shape index (κ2) is 8.94. The molecule has 1 aliphatic rings. The predicted octanol–water partition coefficient (Wildman–Crippen LogP) is 5.50. The molecule has 3 heterocycles. The zero-order chi connectivity index (χ0) is 25.5. The third kappa shape index (κ3) is 4.00. The normalized spacial score (nSPS) is 14.8. The molecule has 0 saturated heterocycles. The lowest BCUT2D eigenvalue weighted by molar-refractivity contribution is -0.113. The molecular formula is C28H23FN6O2. The molecule has 3 N–H and O–H groups in total. The van der Waals surface area contributed by atoms with Gasteiger partial charge in [0.05, 0.1) is 30.1 Å². The van der Waals surface area contributed by atoms with Crippen LogP contribution in [0.4, 0.5) is 15.9 Å². The summed E-state index contributed by atoms with van der Waals surface area (Å²) < 4.78 is 21.1. The number of amides is 1. The Morgan fingerprint density at radius 1 is 1.08 bits per heavy atom. The first-order chi connectivity index (χ1) is 18.0. The van der Waals surface area contributed by atoms with Crippen LogP contribution in [0.15, 0.2) is 90.3 Å². The first-order valence-electron chi connectivity index (χ1n) is 11.7. The molecule has 184 valence electrons. The number of aromatic nitrogens is 4. The molecule has 3 aromatic carbocycles. The van der Waals surface area contributed by atoms with E-state index in [1.54, 1.807) is 30.1 Å². The molecule has 0 saturated carbocycles. The van der Waals surface area contributed by atoms with E-state index in [1.165, 1.54) is 12.1 Å². The van der Waals surface area contributed by atoms with Gasteiger partial charge in [-0.25, -0.2) is 9.07 Å². The van der Waals surface area contributed by atoms with Gasteiger partial charge in [-0.15, -0.1) is 0 Å². The van der Waals surface area contributed by atoms with E-state index in [0.29, 0.717) is 34.2 Å². The van der Waals surface area contributed by atoms with E-state index in [0.717, 1.165) is 22.0 Å². The number of rotatable bonds is 5. The Bertz CT molecular complexity index is 1670. The van der Waals surface area contributed by atoms with Crippen LogP contribution >= 0.6 is 0 Å². The minimum absolute atomic E-state index is 0.290. The molecule has 0 bridgehead atoms. The van der Waals surface area contributed by atoms with E-state index < -0.39 is 6.04 Å². The van der Waals surface area contributed by atoms with Crippen LogP contribution in [-0.4, -0.2) is 33.0 Å². The third-order valence-electron chi connectivity index (χ3n) is 6.48. The molecule has 0 aliphatic carbocycles. The van der Waals surface area contributed by atoms with Crippen molar-refractivity contribution in [2.75, 3.05) is 17.7 Å². The number of methoxy groups -OCH3 is 1. The summed E-state index contributed by atoms with van der Waals surface area (Å²) in [6, 6.07) is 20.6. The lowest BCUT2D eigenvalue weighted by atomic mass is 9.94. The Morgan fingerprint density at radius 3 is 2.70 bits per heavy atom. The number of aromatic amines is 1. The number of hydrogen-bond donors (Lipinski definition) is 3. The number of fused-ring (bicyclic) bond motifs is 2. The Labute approximate surface area is 211 Å². The maximum Gasteiger partial charge on any atom is 0.255 e. The number of anilines is 2. The third-order valence-corrected chi connectivity index (χ3v) is 6.48. The van der Waals surface area contributed by atoms with Crippen molar-refractivity contribution in [3.8, 4) is 17.0 Å². The Balaban J connectivity index is 1.43. The number of halogens is 1. The molecule has 0 fully saturated rings. The SMILES string of the molecule is COc1ccccc1-c1cc2n(n1)C(c1ccc(F)cc1)C(C(=O)Nc1ccc3[nH]ncc3c1)=C(C)N2. The highest BCUT2D eigenvalue weighted by Crippen LogP contribution is 2.39. The van der Waals surface area contributed by atoms with Gasteiger partial charge in [0.1, 0.15) is 23.4 Å². The van der Waals surface area contributed by atoms with Crippen molar-refractivity contribution in [3.05, 3.63) is 102 Å². The number of carbonyl (C=O) groups is 1. The average molecular weight is 495 g/mol. The molecule has 1 atom stereocenters. The molecule has 5 aromatic rings. The van der Waals surface area contributed by atoms with Crippen LogP contribution in [0.25, 0.3) is 22.2 Å². The zero-order valence-corrected chi connectivity index (χ0v) is 20.1. The maximum atomic E-state index is 13.8. The minimum Gasteiger partial charge on any atom is -0.496 e. The molecule has 9 heteroatoms. The first kappa shape index (κ1) is 22.5. The van der Waals surface area contributed by atoms with Crippen molar-refractivity contribution in [1.29, 1.82) is 0 Å². The standard InChI is InChI=1S/C28H23FN6O2/c1-16-26(28(36)32-20-11-12-22-18(13-20)15-30-33-22)27(17-7-9-19(29)10-8-17)35-25(31-16)14-23(34-35)21-5-3-4-6-24(21)37-2/h3-15,27,31H,1-2H3,(H,30,33)(H,32,36). The monoisotopic (exact) mass is 494 g/mol. The fraction of sp³-hybridized carbons (Fsp3) is 0.107. The number of carbonyl (C=O) groups excluding carboxylic acids is 1. The smallest absolute Gasteiger partial charge is 0.255 e. The van der Waals surface area contributed by atoms with Crippen LogP contribution in [0.3, 0.4) is 0 Å². The highest BCUT2D eigenvalue weighted by Gasteiger charge is 2.34. The lowest BCUT2D eigenvalue weighted by Gasteiger charge is -2.29. The highest BCUT2D eigenvalue weighted by molar-refractivity contribution is 6.06. The number of allylic oxidation sites excluding steroid dienone is 1. The van der Waals surface area contributed by atoms with Crippen molar-refractivity contribution >= 4 is 28.3 Å². The Morgan fingerprint density at radius 2 is 1.89 bits per heavy atom. The van der Waals surface area contributed by atoms with Crippen LogP contribution in [0, 0.1) is 5.82 Å². The van der Waals surface area contributed by atoms with Gasteiger partial charge >= 0.3 is 0 Å². The van der Waals surface area contributed by atoms with Crippen molar-refractivity contribution < 1.29 is 13.9 Å². The van der Waals surface area contributed by atoms with Crippen molar-refractivity contribution in [3.63, 3.8) is 0 Å². The summed E-state index contributed by atoms with van der Waals surface area (Å²) in [6.45, 7) is 1.85. The summed E-state index contributed by atoms with van der Waals surface area (Å²) in [5, 5.41) is 19.0. The van der Waals surface area contributed by atoms with E-state index >= 15 is 0 Å². The largest absolute Gasteiger partial charge is 0.496 e. The molecular weight excluding hydrogens is 471 g/mol. The van der Waals surface area contributed by atoms with E-state index in [2.05, 4.69) is 20.8 Å². The van der Waals surface area contributed by atoms with Gasteiger partial charge in [0.2, 0.25) is 0 Å². The summed E-state index contributed by atoms with van der Waals surface area (Å²) in [6.07, 6.45) is 1.70. The molecule has 6 rings (SSSR count). The molecule has 1 amide bonds. The topological polar surface area (TPSA) is 96.9 Å². The number of H-pyrrole nitrogens is 1. The minimum atomic E-state index is -0.585. The van der Waals surface area contributed by atoms with Gasteiger partial charge in [0, 0.05) is 28.4 Å². The van der Waals surface area contributed by atoms with E-state index in [9.17, 15) is 9.18 Å². The predicted molar refractivity (Wildman–Crippen MR) is 140 cm³/mol. The molecule has 0 radical (unpaired) electrons. The van der Waals surface area contributed by atoms with E-state index in [1.807, 2.05) is 55.5 Å². The van der Waals surface area contributed by atoms with Crippen molar-refractivity contribution in [2.45, 2.75) is 13.0 Å². The van der Waals surface area contributed by atoms with Crippen LogP contribution in [0.1, 0.15) is 18.5 Å². The second-order valence-electron chi connectivity index (χ2n) is 8.80. The molecule has 0 spiro atoms. The number of hydrogen-bond acceptors (Lipinski definition) is 5. The number of ether oxygens (including phenoxy) is 1. The summed E-state index contributed by atoms with van der Waals surface area (Å²) in [5.74, 6) is 0.757. The molecule has 8 nitrogen and oxygen atoms in total. The van der Waals surface area contributed by atoms with E-state index in [-0.39, 0.29) is 11.7 Å². The molecule has 1 unspecified atom stereocenters. The zero-order valence-electron chi connectivity index (χ0n) is 20.1. The van der Waals surface area contributed by atoms with Crippen LogP contribution in [-0.2, 0) is 4.79 Å². The highest BCUT2D eigenvalue weighted by atomic mass is 19.1. The molecule has 37 heavy (non-hydrogen) atoms. The second-order valence-corrected chi connectivity index (χ2v) is 8.80. The van der Waals surface area contributed by atoms with Gasteiger partial charge in [-0.05, 0) is 55.0 Å². The van der Waals surface area contributed by atoms with Crippen molar-refractivity contribution in [1.82, 2.24) is 20.0 Å². The summed E-state index contributed by atoms with van der Waals surface area (Å²) >= 11 is 0. The van der Waals surface area contributed by atoms with E-state index in [4.69, 9.17) is 9.84 Å². The van der Waals surface area contributed by atoms with Gasteiger partial charge in [-0.3, -0.25) is 9.89 Å². The van der Waals surface area contributed by atoms with Gasteiger partial charge in [0.15, 0.2) is 0 Å². The number of para-hydroxylation sites is 1. The maximum absolute atomic E-state index is 13.8. The average Bonchev–Trinajstić information content (AvgIpc) is 3.55. The van der Waals surface area contributed by atoms with Crippen LogP contribution < -0.4 is 15.4 Å².